The highest BCUT2D eigenvalue weighted by atomic mass is 16.5. The van der Waals surface area contributed by atoms with Crippen molar-refractivity contribution in [3.05, 3.63) is 65.0 Å². The Labute approximate surface area is 174 Å². The molecule has 1 aliphatic heterocycles. The number of piperazine rings is 1. The molecule has 0 radical (unpaired) electrons. The van der Waals surface area contributed by atoms with Crippen LogP contribution in [0.15, 0.2) is 42.5 Å². The third kappa shape index (κ3) is 6.65. The molecule has 156 valence electrons. The number of benzene rings is 1. The van der Waals surface area contributed by atoms with Gasteiger partial charge < -0.3 is 9.64 Å². The zero-order valence-corrected chi connectivity index (χ0v) is 17.8. The lowest BCUT2D eigenvalue weighted by Gasteiger charge is -2.34. The fraction of sp³-hybridized carbons (Fsp3) is 0.500. The van der Waals surface area contributed by atoms with Gasteiger partial charge in [-0.2, -0.15) is 0 Å². The number of aryl methyl sites for hydroxylation is 2. The monoisotopic (exact) mass is 395 g/mol. The molecule has 0 bridgehead atoms. The average molecular weight is 396 g/mol. The highest BCUT2D eigenvalue weighted by molar-refractivity contribution is 5.88. The van der Waals surface area contributed by atoms with Crippen molar-refractivity contribution in [2.75, 3.05) is 39.8 Å². The topological polar surface area (TPSA) is 45.7 Å². The van der Waals surface area contributed by atoms with Crippen LogP contribution in [0, 0.1) is 6.92 Å². The Morgan fingerprint density at radius 3 is 2.41 bits per heavy atom. The molecule has 1 aromatic heterocycles. The molecule has 0 spiro atoms. The van der Waals surface area contributed by atoms with Gasteiger partial charge in [-0.15, -0.1) is 0 Å². The fourth-order valence-corrected chi connectivity index (χ4v) is 3.84. The number of hydrogen-bond acceptors (Lipinski definition) is 5. The molecule has 0 atom stereocenters. The number of esters is 1. The summed E-state index contributed by atoms with van der Waals surface area (Å²) in [5, 5.41) is 0. The number of hydrogen-bond donors (Lipinski definition) is 0. The summed E-state index contributed by atoms with van der Waals surface area (Å²) in [4.78, 5) is 21.4. The van der Waals surface area contributed by atoms with E-state index in [0.29, 0.717) is 5.69 Å². The molecule has 1 saturated heterocycles. The Morgan fingerprint density at radius 1 is 0.966 bits per heavy atom. The number of carbonyl (C=O) groups excluding carboxylic acids is 1. The van der Waals surface area contributed by atoms with E-state index in [0.717, 1.165) is 56.8 Å². The van der Waals surface area contributed by atoms with Gasteiger partial charge in [-0.05, 0) is 49.9 Å². The molecule has 29 heavy (non-hydrogen) atoms. The van der Waals surface area contributed by atoms with E-state index in [-0.39, 0.29) is 5.97 Å². The van der Waals surface area contributed by atoms with Crippen molar-refractivity contribution < 1.29 is 9.53 Å². The highest BCUT2D eigenvalue weighted by Crippen LogP contribution is 2.12. The lowest BCUT2D eigenvalue weighted by atomic mass is 10.1. The smallest absolute Gasteiger partial charge is 0.356 e. The van der Waals surface area contributed by atoms with Crippen molar-refractivity contribution in [3.63, 3.8) is 0 Å². The van der Waals surface area contributed by atoms with E-state index in [4.69, 9.17) is 4.74 Å². The predicted octanol–water partition coefficient (Wildman–Crippen LogP) is 3.71. The van der Waals surface area contributed by atoms with Crippen LogP contribution in [0.25, 0.3) is 0 Å². The molecular weight excluding hydrogens is 362 g/mol. The summed E-state index contributed by atoms with van der Waals surface area (Å²) >= 11 is 0. The standard InChI is InChI=1S/C24H33N3O2/c1-20-12-13-22(25-23(20)24(28)29-2)11-7-4-8-14-26-15-17-27(18-16-26)19-21-9-5-3-6-10-21/h3,5-6,9-10,12-13H,4,7-8,11,14-19H2,1-2H3. The summed E-state index contributed by atoms with van der Waals surface area (Å²) in [6, 6.07) is 14.7. The summed E-state index contributed by atoms with van der Waals surface area (Å²) in [7, 11) is 1.40. The number of nitrogens with zero attached hydrogens (tertiary/aromatic N) is 3. The molecule has 0 saturated carbocycles. The summed E-state index contributed by atoms with van der Waals surface area (Å²) in [6.07, 6.45) is 4.42. The summed E-state index contributed by atoms with van der Waals surface area (Å²) in [5.41, 5.74) is 3.69. The maximum absolute atomic E-state index is 11.8. The zero-order valence-electron chi connectivity index (χ0n) is 17.8. The molecule has 2 aromatic rings. The van der Waals surface area contributed by atoms with E-state index >= 15 is 0 Å². The number of carbonyl (C=O) groups is 1. The average Bonchev–Trinajstić information content (AvgIpc) is 2.76. The summed E-state index contributed by atoms with van der Waals surface area (Å²) < 4.78 is 4.81. The van der Waals surface area contributed by atoms with Gasteiger partial charge in [0.1, 0.15) is 0 Å². The number of ether oxygens (including phenoxy) is 1. The van der Waals surface area contributed by atoms with Crippen LogP contribution in [0.5, 0.6) is 0 Å². The van der Waals surface area contributed by atoms with Gasteiger partial charge in [0.25, 0.3) is 0 Å². The summed E-state index contributed by atoms with van der Waals surface area (Å²) in [6.45, 7) is 8.75. The van der Waals surface area contributed by atoms with Gasteiger partial charge in [-0.25, -0.2) is 9.78 Å². The molecule has 0 aliphatic carbocycles. The van der Waals surface area contributed by atoms with Crippen LogP contribution in [0.3, 0.4) is 0 Å². The predicted molar refractivity (Wildman–Crippen MR) is 116 cm³/mol. The van der Waals surface area contributed by atoms with Gasteiger partial charge >= 0.3 is 5.97 Å². The maximum Gasteiger partial charge on any atom is 0.356 e. The second-order valence-electron chi connectivity index (χ2n) is 7.87. The number of methoxy groups -OCH3 is 1. The minimum atomic E-state index is -0.351. The van der Waals surface area contributed by atoms with Crippen molar-refractivity contribution in [3.8, 4) is 0 Å². The SMILES string of the molecule is COC(=O)c1nc(CCCCCN2CCN(Cc3ccccc3)CC2)ccc1C. The lowest BCUT2D eigenvalue weighted by Crippen LogP contribution is -2.46. The molecule has 1 aliphatic rings. The molecule has 0 N–H and O–H groups in total. The first-order chi connectivity index (χ1) is 14.2. The number of aromatic nitrogens is 1. The molecule has 5 nitrogen and oxygen atoms in total. The van der Waals surface area contributed by atoms with Gasteiger partial charge in [-0.3, -0.25) is 4.90 Å². The van der Waals surface area contributed by atoms with E-state index in [1.165, 1.54) is 32.1 Å². The van der Waals surface area contributed by atoms with Crippen LogP contribution < -0.4 is 0 Å². The third-order valence-electron chi connectivity index (χ3n) is 5.65. The van der Waals surface area contributed by atoms with Crippen LogP contribution in [0.4, 0.5) is 0 Å². The van der Waals surface area contributed by atoms with Crippen molar-refractivity contribution >= 4 is 5.97 Å². The fourth-order valence-electron chi connectivity index (χ4n) is 3.84. The van der Waals surface area contributed by atoms with Gasteiger partial charge in [0.2, 0.25) is 0 Å². The van der Waals surface area contributed by atoms with Crippen molar-refractivity contribution in [1.29, 1.82) is 0 Å². The van der Waals surface area contributed by atoms with E-state index in [1.54, 1.807) is 0 Å². The van der Waals surface area contributed by atoms with Crippen molar-refractivity contribution in [2.45, 2.75) is 39.2 Å². The Morgan fingerprint density at radius 2 is 1.69 bits per heavy atom. The quantitative estimate of drug-likeness (QED) is 0.478. The van der Waals surface area contributed by atoms with E-state index < -0.39 is 0 Å². The lowest BCUT2D eigenvalue weighted by molar-refractivity contribution is 0.0593. The number of pyridine rings is 1. The summed E-state index contributed by atoms with van der Waals surface area (Å²) in [5.74, 6) is -0.351. The first-order valence-electron chi connectivity index (χ1n) is 10.7. The Bertz CT molecular complexity index is 771. The number of unbranched alkanes of at least 4 members (excludes halogenated alkanes) is 2. The van der Waals surface area contributed by atoms with Gasteiger partial charge in [0.05, 0.1) is 7.11 Å². The molecule has 0 unspecified atom stereocenters. The third-order valence-corrected chi connectivity index (χ3v) is 5.65. The number of rotatable bonds is 9. The zero-order chi connectivity index (χ0) is 20.5. The molecule has 5 heteroatoms. The Balaban J connectivity index is 1.31. The normalized spacial score (nSPS) is 15.4. The van der Waals surface area contributed by atoms with Crippen molar-refractivity contribution in [2.24, 2.45) is 0 Å². The molecular formula is C24H33N3O2. The molecule has 1 aromatic carbocycles. The minimum Gasteiger partial charge on any atom is -0.464 e. The van der Waals surface area contributed by atoms with Gasteiger partial charge in [0.15, 0.2) is 5.69 Å². The first-order valence-corrected chi connectivity index (χ1v) is 10.7. The van der Waals surface area contributed by atoms with Crippen LogP contribution in [0.2, 0.25) is 0 Å². The van der Waals surface area contributed by atoms with E-state index in [2.05, 4.69) is 45.1 Å². The van der Waals surface area contributed by atoms with E-state index in [1.807, 2.05) is 19.1 Å². The Kier molecular flexibility index (Phi) is 8.20. The highest BCUT2D eigenvalue weighted by Gasteiger charge is 2.16. The van der Waals surface area contributed by atoms with Crippen molar-refractivity contribution in [1.82, 2.24) is 14.8 Å². The van der Waals surface area contributed by atoms with Gasteiger partial charge in [-0.1, -0.05) is 42.8 Å². The second kappa shape index (κ2) is 11.1. The second-order valence-corrected chi connectivity index (χ2v) is 7.87. The minimum absolute atomic E-state index is 0.351. The van der Waals surface area contributed by atoms with Crippen LogP contribution in [-0.2, 0) is 17.7 Å². The molecule has 2 heterocycles. The van der Waals surface area contributed by atoms with Crippen LogP contribution in [0.1, 0.15) is 46.6 Å². The van der Waals surface area contributed by atoms with Crippen LogP contribution in [-0.4, -0.2) is 60.6 Å². The largest absolute Gasteiger partial charge is 0.464 e. The van der Waals surface area contributed by atoms with Crippen LogP contribution >= 0.6 is 0 Å². The van der Waals surface area contributed by atoms with E-state index in [9.17, 15) is 4.79 Å². The molecule has 3 rings (SSSR count). The molecule has 1 fully saturated rings. The Hall–Kier alpha value is -2.24. The maximum atomic E-state index is 11.8. The first kappa shape index (κ1) is 21.5. The van der Waals surface area contributed by atoms with Gasteiger partial charge in [0, 0.05) is 38.4 Å². The molecule has 0 amide bonds.